The molecule has 0 aromatic carbocycles. The zero-order valence-corrected chi connectivity index (χ0v) is 10.4. The summed E-state index contributed by atoms with van der Waals surface area (Å²) in [7, 11) is 1.82. The predicted molar refractivity (Wildman–Crippen MR) is 65.1 cm³/mol. The summed E-state index contributed by atoms with van der Waals surface area (Å²) < 4.78 is 0. The summed E-state index contributed by atoms with van der Waals surface area (Å²) in [5.41, 5.74) is 5.77. The minimum atomic E-state index is 0.204. The van der Waals surface area contributed by atoms with Crippen LogP contribution < -0.4 is 11.1 Å². The predicted octanol–water partition coefficient (Wildman–Crippen LogP) is 0.168. The van der Waals surface area contributed by atoms with Gasteiger partial charge in [-0.05, 0) is 12.3 Å². The van der Waals surface area contributed by atoms with Gasteiger partial charge in [0, 0.05) is 32.6 Å². The summed E-state index contributed by atoms with van der Waals surface area (Å²) >= 11 is 0. The third kappa shape index (κ3) is 4.08. The second kappa shape index (κ2) is 5.72. The Hall–Kier alpha value is -1.26. The molecule has 1 fully saturated rings. The van der Waals surface area contributed by atoms with Gasteiger partial charge in [-0.25, -0.2) is 0 Å². The summed E-state index contributed by atoms with van der Waals surface area (Å²) in [4.78, 5) is 17.3. The van der Waals surface area contributed by atoms with Crippen molar-refractivity contribution in [1.82, 2.24) is 10.2 Å². The van der Waals surface area contributed by atoms with Crippen LogP contribution in [0.2, 0.25) is 0 Å². The first kappa shape index (κ1) is 12.8. The monoisotopic (exact) mass is 226 g/mol. The smallest absolute Gasteiger partial charge is 0.222 e. The number of guanidine groups is 1. The van der Waals surface area contributed by atoms with Gasteiger partial charge in [0.05, 0.1) is 0 Å². The van der Waals surface area contributed by atoms with Gasteiger partial charge >= 0.3 is 0 Å². The molecule has 1 amide bonds. The molecule has 1 aliphatic rings. The fraction of sp³-hybridized carbons (Fsp3) is 0.818. The molecule has 1 atom stereocenters. The van der Waals surface area contributed by atoms with Crippen molar-refractivity contribution < 1.29 is 4.79 Å². The van der Waals surface area contributed by atoms with E-state index in [9.17, 15) is 4.79 Å². The Morgan fingerprint density at radius 1 is 1.69 bits per heavy atom. The van der Waals surface area contributed by atoms with Gasteiger partial charge in [0.15, 0.2) is 5.96 Å². The van der Waals surface area contributed by atoms with Gasteiger partial charge in [0.2, 0.25) is 5.91 Å². The van der Waals surface area contributed by atoms with Crippen LogP contribution in [0.3, 0.4) is 0 Å². The van der Waals surface area contributed by atoms with Crippen molar-refractivity contribution in [3.05, 3.63) is 0 Å². The van der Waals surface area contributed by atoms with Crippen LogP contribution in [-0.4, -0.2) is 42.9 Å². The number of nitrogens with zero attached hydrogens (tertiary/aromatic N) is 2. The van der Waals surface area contributed by atoms with Crippen molar-refractivity contribution in [2.24, 2.45) is 16.6 Å². The first-order valence-corrected chi connectivity index (χ1v) is 5.79. The highest BCUT2D eigenvalue weighted by Crippen LogP contribution is 2.09. The van der Waals surface area contributed by atoms with Crippen LogP contribution >= 0.6 is 0 Å². The Kier molecular flexibility index (Phi) is 4.58. The van der Waals surface area contributed by atoms with Gasteiger partial charge in [-0.3, -0.25) is 9.79 Å². The van der Waals surface area contributed by atoms with E-state index in [1.54, 1.807) is 4.90 Å². The van der Waals surface area contributed by atoms with Gasteiger partial charge in [-0.15, -0.1) is 0 Å². The number of piperidine rings is 1. The molecule has 0 bridgehead atoms. The van der Waals surface area contributed by atoms with Gasteiger partial charge in [-0.2, -0.15) is 0 Å². The van der Waals surface area contributed by atoms with Crippen LogP contribution in [0, 0.1) is 5.92 Å². The minimum absolute atomic E-state index is 0.204. The number of aliphatic imine (C=N–C) groups is 1. The largest absolute Gasteiger partial charge is 0.370 e. The van der Waals surface area contributed by atoms with E-state index in [0.717, 1.165) is 13.0 Å². The van der Waals surface area contributed by atoms with E-state index in [1.165, 1.54) is 0 Å². The van der Waals surface area contributed by atoms with Crippen LogP contribution in [0.25, 0.3) is 0 Å². The number of rotatable bonds is 3. The van der Waals surface area contributed by atoms with E-state index in [-0.39, 0.29) is 11.9 Å². The Bertz CT molecular complexity index is 275. The number of carbonyl (C=O) groups excluding carboxylic acids is 1. The lowest BCUT2D eigenvalue weighted by atomic mass is 10.1. The molecular weight excluding hydrogens is 204 g/mol. The molecule has 0 aromatic rings. The Morgan fingerprint density at radius 3 is 2.94 bits per heavy atom. The van der Waals surface area contributed by atoms with E-state index >= 15 is 0 Å². The zero-order chi connectivity index (χ0) is 12.1. The van der Waals surface area contributed by atoms with Crippen molar-refractivity contribution in [3.8, 4) is 0 Å². The van der Waals surface area contributed by atoms with E-state index in [1.807, 2.05) is 7.05 Å². The SMILES string of the molecule is CC(C)CN=C(N)NC1CCC(=O)N(C)C1. The molecule has 3 N–H and O–H groups in total. The highest BCUT2D eigenvalue weighted by molar-refractivity contribution is 5.79. The van der Waals surface area contributed by atoms with Crippen LogP contribution in [0.1, 0.15) is 26.7 Å². The van der Waals surface area contributed by atoms with Gasteiger partial charge in [0.1, 0.15) is 0 Å². The Balaban J connectivity index is 2.37. The first-order chi connectivity index (χ1) is 7.49. The maximum absolute atomic E-state index is 11.3. The quantitative estimate of drug-likeness (QED) is 0.532. The molecule has 0 spiro atoms. The molecule has 0 saturated carbocycles. The van der Waals surface area contributed by atoms with Crippen molar-refractivity contribution in [2.75, 3.05) is 20.1 Å². The minimum Gasteiger partial charge on any atom is -0.370 e. The number of hydrogen-bond donors (Lipinski definition) is 2. The second-order valence-electron chi connectivity index (χ2n) is 4.77. The highest BCUT2D eigenvalue weighted by atomic mass is 16.2. The van der Waals surface area contributed by atoms with Crippen LogP contribution in [-0.2, 0) is 4.79 Å². The van der Waals surface area contributed by atoms with Crippen molar-refractivity contribution in [1.29, 1.82) is 0 Å². The molecule has 92 valence electrons. The van der Waals surface area contributed by atoms with Crippen LogP contribution in [0.5, 0.6) is 0 Å². The molecule has 0 radical (unpaired) electrons. The van der Waals surface area contributed by atoms with Gasteiger partial charge in [-0.1, -0.05) is 13.8 Å². The van der Waals surface area contributed by atoms with E-state index < -0.39 is 0 Å². The molecule has 1 heterocycles. The summed E-state index contributed by atoms with van der Waals surface area (Å²) in [6.45, 7) is 5.64. The standard InChI is InChI=1S/C11H22N4O/c1-8(2)6-13-11(12)14-9-4-5-10(16)15(3)7-9/h8-9H,4-7H2,1-3H3,(H3,12,13,14). The normalized spacial score (nSPS) is 22.8. The zero-order valence-electron chi connectivity index (χ0n) is 10.4. The average molecular weight is 226 g/mol. The summed E-state index contributed by atoms with van der Waals surface area (Å²) in [5, 5.41) is 3.16. The number of hydrogen-bond acceptors (Lipinski definition) is 2. The maximum atomic E-state index is 11.3. The van der Waals surface area contributed by atoms with Gasteiger partial charge in [0.25, 0.3) is 0 Å². The molecule has 1 aliphatic heterocycles. The molecular formula is C11H22N4O. The molecule has 5 heteroatoms. The number of nitrogens with one attached hydrogen (secondary N) is 1. The topological polar surface area (TPSA) is 70.7 Å². The molecule has 1 rings (SSSR count). The fourth-order valence-electron chi connectivity index (χ4n) is 1.67. The van der Waals surface area contributed by atoms with Crippen molar-refractivity contribution in [3.63, 3.8) is 0 Å². The lowest BCUT2D eigenvalue weighted by Crippen LogP contribution is -2.50. The summed E-state index contributed by atoms with van der Waals surface area (Å²) in [6, 6.07) is 0.235. The number of amides is 1. The highest BCUT2D eigenvalue weighted by Gasteiger charge is 2.22. The van der Waals surface area contributed by atoms with Gasteiger partial charge < -0.3 is 16.0 Å². The third-order valence-electron chi connectivity index (χ3n) is 2.61. The molecule has 1 saturated heterocycles. The van der Waals surface area contributed by atoms with Crippen LogP contribution in [0.15, 0.2) is 4.99 Å². The Labute approximate surface area is 97.1 Å². The summed E-state index contributed by atoms with van der Waals surface area (Å²) in [5.74, 6) is 1.20. The third-order valence-corrected chi connectivity index (χ3v) is 2.61. The molecule has 5 nitrogen and oxygen atoms in total. The van der Waals surface area contributed by atoms with E-state index in [2.05, 4.69) is 24.2 Å². The molecule has 0 aliphatic carbocycles. The maximum Gasteiger partial charge on any atom is 0.222 e. The number of likely N-dealkylation sites (tertiary alicyclic amines) is 1. The fourth-order valence-corrected chi connectivity index (χ4v) is 1.67. The van der Waals surface area contributed by atoms with E-state index in [4.69, 9.17) is 5.73 Å². The molecule has 0 aromatic heterocycles. The Morgan fingerprint density at radius 2 is 2.38 bits per heavy atom. The van der Waals surface area contributed by atoms with Crippen LogP contribution in [0.4, 0.5) is 0 Å². The van der Waals surface area contributed by atoms with Crippen molar-refractivity contribution in [2.45, 2.75) is 32.7 Å². The average Bonchev–Trinajstić information content (AvgIpc) is 2.21. The summed E-state index contributed by atoms with van der Waals surface area (Å²) in [6.07, 6.45) is 1.42. The number of carbonyl (C=O) groups is 1. The second-order valence-corrected chi connectivity index (χ2v) is 4.77. The van der Waals surface area contributed by atoms with Crippen molar-refractivity contribution >= 4 is 11.9 Å². The number of nitrogens with two attached hydrogens (primary N) is 1. The lowest BCUT2D eigenvalue weighted by Gasteiger charge is -2.30. The lowest BCUT2D eigenvalue weighted by molar-refractivity contribution is -0.132. The van der Waals surface area contributed by atoms with E-state index in [0.29, 0.717) is 24.8 Å². The first-order valence-electron chi connectivity index (χ1n) is 5.79. The number of likely N-dealkylation sites (N-methyl/N-ethyl adjacent to an activating group) is 1. The molecule has 1 unspecified atom stereocenters. The molecule has 16 heavy (non-hydrogen) atoms.